The van der Waals surface area contributed by atoms with Crippen molar-refractivity contribution in [2.75, 3.05) is 7.11 Å². The topological polar surface area (TPSA) is 72.0 Å². The van der Waals surface area contributed by atoms with E-state index in [1.165, 1.54) is 7.11 Å². The van der Waals surface area contributed by atoms with Gasteiger partial charge in [-0.3, -0.25) is 9.59 Å². The number of hydrogen-bond acceptors (Lipinski definition) is 4. The number of methoxy groups -OCH3 is 1. The number of carbonyl (C=O) groups excluding carboxylic acids is 1. The minimum absolute atomic E-state index is 0.0604. The number of para-hydroxylation sites is 2. The van der Waals surface area contributed by atoms with Crippen molar-refractivity contribution in [3.63, 3.8) is 0 Å². The molecular formula is C12H11BrN2O3. The predicted octanol–water partition coefficient (Wildman–Crippen LogP) is 1.92. The maximum atomic E-state index is 11.8. The molecule has 1 heterocycles. The van der Waals surface area contributed by atoms with Crippen LogP contribution < -0.4 is 5.56 Å². The minimum atomic E-state index is -0.460. The highest BCUT2D eigenvalue weighted by atomic mass is 79.9. The molecule has 0 radical (unpaired) electrons. The van der Waals surface area contributed by atoms with Crippen LogP contribution in [0.25, 0.3) is 11.0 Å². The lowest BCUT2D eigenvalue weighted by molar-refractivity contribution is -0.140. The third-order valence-corrected chi connectivity index (χ3v) is 3.25. The smallest absolute Gasteiger partial charge is 0.307 e. The number of esters is 1. The summed E-state index contributed by atoms with van der Waals surface area (Å²) in [4.78, 5) is 29.6. The van der Waals surface area contributed by atoms with Gasteiger partial charge in [-0.1, -0.05) is 28.1 Å². The first-order valence-electron chi connectivity index (χ1n) is 5.31. The molecule has 0 aliphatic rings. The Labute approximate surface area is 111 Å². The van der Waals surface area contributed by atoms with E-state index in [4.69, 9.17) is 0 Å². The van der Waals surface area contributed by atoms with Crippen LogP contribution in [0.2, 0.25) is 0 Å². The van der Waals surface area contributed by atoms with E-state index in [1.807, 2.05) is 12.1 Å². The normalized spacial score (nSPS) is 12.3. The third-order valence-electron chi connectivity index (χ3n) is 2.50. The molecule has 2 rings (SSSR count). The Morgan fingerprint density at radius 1 is 1.50 bits per heavy atom. The lowest BCUT2D eigenvalue weighted by atomic mass is 10.2. The highest BCUT2D eigenvalue weighted by Gasteiger charge is 2.18. The molecule has 0 fully saturated rings. The van der Waals surface area contributed by atoms with E-state index >= 15 is 0 Å². The molecule has 1 aromatic carbocycles. The van der Waals surface area contributed by atoms with Crippen LogP contribution in [0.4, 0.5) is 0 Å². The molecule has 0 amide bonds. The van der Waals surface area contributed by atoms with Gasteiger partial charge in [0.25, 0.3) is 5.56 Å². The van der Waals surface area contributed by atoms with E-state index in [0.717, 1.165) is 0 Å². The Morgan fingerprint density at radius 2 is 2.22 bits per heavy atom. The molecule has 0 spiro atoms. The number of rotatable bonds is 3. The first-order valence-corrected chi connectivity index (χ1v) is 6.23. The molecule has 0 aliphatic heterocycles. The molecule has 5 nitrogen and oxygen atoms in total. The Hall–Kier alpha value is -1.69. The van der Waals surface area contributed by atoms with Gasteiger partial charge in [0.05, 0.1) is 29.4 Å². The van der Waals surface area contributed by atoms with E-state index < -0.39 is 10.8 Å². The van der Waals surface area contributed by atoms with Gasteiger partial charge in [-0.2, -0.15) is 0 Å². The predicted molar refractivity (Wildman–Crippen MR) is 70.7 cm³/mol. The molecule has 0 saturated carbocycles. The average molecular weight is 311 g/mol. The van der Waals surface area contributed by atoms with Crippen LogP contribution in [0.1, 0.15) is 16.9 Å². The molecule has 18 heavy (non-hydrogen) atoms. The highest BCUT2D eigenvalue weighted by Crippen LogP contribution is 2.23. The number of aromatic amines is 1. The number of alkyl halides is 1. The number of ether oxygens (including phenoxy) is 1. The molecule has 1 N–H and O–H groups in total. The van der Waals surface area contributed by atoms with Crippen molar-refractivity contribution in [2.45, 2.75) is 11.2 Å². The number of benzene rings is 1. The fraction of sp³-hybridized carbons (Fsp3) is 0.250. The molecule has 2 aromatic rings. The molecule has 6 heteroatoms. The summed E-state index contributed by atoms with van der Waals surface area (Å²) >= 11 is 3.28. The number of halogens is 1. The summed E-state index contributed by atoms with van der Waals surface area (Å²) in [6.45, 7) is 0. The Balaban J connectivity index is 2.41. The van der Waals surface area contributed by atoms with E-state index in [9.17, 15) is 9.59 Å². The van der Waals surface area contributed by atoms with Crippen molar-refractivity contribution < 1.29 is 9.53 Å². The van der Waals surface area contributed by atoms with Gasteiger partial charge in [0, 0.05) is 0 Å². The van der Waals surface area contributed by atoms with Crippen molar-refractivity contribution in [3.05, 3.63) is 40.3 Å². The summed E-state index contributed by atoms with van der Waals surface area (Å²) in [5.74, 6) is -0.397. The molecule has 1 atom stereocenters. The first kappa shape index (κ1) is 12.8. The van der Waals surface area contributed by atoms with E-state index in [1.54, 1.807) is 12.1 Å². The maximum absolute atomic E-state index is 11.8. The summed E-state index contributed by atoms with van der Waals surface area (Å²) in [7, 11) is 1.31. The van der Waals surface area contributed by atoms with Crippen LogP contribution in [-0.4, -0.2) is 23.0 Å². The first-order chi connectivity index (χ1) is 8.61. The summed E-state index contributed by atoms with van der Waals surface area (Å²) in [6, 6.07) is 7.23. The van der Waals surface area contributed by atoms with Gasteiger partial charge in [0.15, 0.2) is 0 Å². The van der Waals surface area contributed by atoms with Crippen LogP contribution in [0.15, 0.2) is 29.1 Å². The zero-order valence-corrected chi connectivity index (χ0v) is 11.2. The quantitative estimate of drug-likeness (QED) is 0.694. The van der Waals surface area contributed by atoms with Gasteiger partial charge in [-0.05, 0) is 12.1 Å². The van der Waals surface area contributed by atoms with E-state index in [-0.39, 0.29) is 17.7 Å². The SMILES string of the molecule is COC(=O)CC(Br)c1nc2ccccc2[nH]c1=O. The largest absolute Gasteiger partial charge is 0.469 e. The summed E-state index contributed by atoms with van der Waals surface area (Å²) in [6.07, 6.45) is 0.0604. The van der Waals surface area contributed by atoms with Crippen molar-refractivity contribution >= 4 is 32.9 Å². The fourth-order valence-corrected chi connectivity index (χ4v) is 2.16. The second-order valence-electron chi connectivity index (χ2n) is 3.72. The lowest BCUT2D eigenvalue weighted by Crippen LogP contribution is -2.18. The van der Waals surface area contributed by atoms with E-state index in [0.29, 0.717) is 11.0 Å². The monoisotopic (exact) mass is 310 g/mol. The van der Waals surface area contributed by atoms with Gasteiger partial charge in [-0.15, -0.1) is 0 Å². The number of H-pyrrole nitrogens is 1. The maximum Gasteiger partial charge on any atom is 0.307 e. The average Bonchev–Trinajstić information content (AvgIpc) is 2.37. The number of aromatic nitrogens is 2. The van der Waals surface area contributed by atoms with Gasteiger partial charge in [-0.25, -0.2) is 4.98 Å². The molecule has 0 aliphatic carbocycles. The zero-order chi connectivity index (χ0) is 13.1. The van der Waals surface area contributed by atoms with Gasteiger partial charge >= 0.3 is 5.97 Å². The van der Waals surface area contributed by atoms with Gasteiger partial charge in [0.2, 0.25) is 0 Å². The molecule has 1 unspecified atom stereocenters. The Morgan fingerprint density at radius 3 is 2.94 bits per heavy atom. The number of nitrogens with zero attached hydrogens (tertiary/aromatic N) is 1. The molecule has 1 aromatic heterocycles. The van der Waals surface area contributed by atoms with Crippen molar-refractivity contribution in [1.82, 2.24) is 9.97 Å². The minimum Gasteiger partial charge on any atom is -0.469 e. The van der Waals surface area contributed by atoms with Crippen LogP contribution in [-0.2, 0) is 9.53 Å². The zero-order valence-electron chi connectivity index (χ0n) is 9.64. The molecular weight excluding hydrogens is 300 g/mol. The molecule has 94 valence electrons. The highest BCUT2D eigenvalue weighted by molar-refractivity contribution is 9.09. The van der Waals surface area contributed by atoms with Crippen molar-refractivity contribution in [2.24, 2.45) is 0 Å². The van der Waals surface area contributed by atoms with E-state index in [2.05, 4.69) is 30.6 Å². The van der Waals surface area contributed by atoms with Crippen LogP contribution in [0.5, 0.6) is 0 Å². The Bertz CT molecular complexity index is 639. The summed E-state index contributed by atoms with van der Waals surface area (Å²) in [5, 5.41) is 0. The molecule has 0 bridgehead atoms. The summed E-state index contributed by atoms with van der Waals surface area (Å²) < 4.78 is 4.56. The second kappa shape index (κ2) is 5.30. The van der Waals surface area contributed by atoms with Crippen LogP contribution in [0.3, 0.4) is 0 Å². The molecule has 0 saturated heterocycles. The van der Waals surface area contributed by atoms with Crippen molar-refractivity contribution in [3.8, 4) is 0 Å². The number of fused-ring (bicyclic) bond motifs is 1. The van der Waals surface area contributed by atoms with Gasteiger partial charge < -0.3 is 9.72 Å². The third kappa shape index (κ3) is 2.59. The lowest BCUT2D eigenvalue weighted by Gasteiger charge is -2.07. The number of carbonyl (C=O) groups is 1. The standard InChI is InChI=1S/C12H11BrN2O3/c1-18-10(16)6-7(13)11-12(17)15-9-5-3-2-4-8(9)14-11/h2-5,7H,6H2,1H3,(H,15,17). The Kier molecular flexibility index (Phi) is 3.76. The second-order valence-corrected chi connectivity index (χ2v) is 4.82. The van der Waals surface area contributed by atoms with Gasteiger partial charge in [0.1, 0.15) is 5.69 Å². The number of hydrogen-bond donors (Lipinski definition) is 1. The van der Waals surface area contributed by atoms with Crippen molar-refractivity contribution in [1.29, 1.82) is 0 Å². The van der Waals surface area contributed by atoms with Crippen LogP contribution in [0, 0.1) is 0 Å². The summed E-state index contributed by atoms with van der Waals surface area (Å²) in [5.41, 5.74) is 1.32. The number of nitrogens with one attached hydrogen (secondary N) is 1. The van der Waals surface area contributed by atoms with Crippen LogP contribution >= 0.6 is 15.9 Å². The fourth-order valence-electron chi connectivity index (χ4n) is 1.58.